The van der Waals surface area contributed by atoms with Crippen LogP contribution in [0.2, 0.25) is 0 Å². The molecule has 0 aliphatic carbocycles. The van der Waals surface area contributed by atoms with E-state index in [1.54, 1.807) is 49.4 Å². The largest absolute Gasteiger partial charge is 0.355 e. The van der Waals surface area contributed by atoms with Gasteiger partial charge in [-0.1, -0.05) is 92.2 Å². The van der Waals surface area contributed by atoms with E-state index in [0.717, 1.165) is 21.0 Å². The Balaban J connectivity index is 1.81. The predicted molar refractivity (Wildman–Crippen MR) is 176 cm³/mol. The van der Waals surface area contributed by atoms with Crippen molar-refractivity contribution in [2.75, 3.05) is 17.4 Å². The van der Waals surface area contributed by atoms with Crippen molar-refractivity contribution in [2.45, 2.75) is 57.5 Å². The van der Waals surface area contributed by atoms with Crippen LogP contribution in [0.25, 0.3) is 0 Å². The van der Waals surface area contributed by atoms with E-state index in [2.05, 4.69) is 5.32 Å². The van der Waals surface area contributed by atoms with E-state index in [1.807, 2.05) is 63.2 Å². The minimum atomic E-state index is -4.22. The smallest absolute Gasteiger partial charge is 0.264 e. The van der Waals surface area contributed by atoms with E-state index in [1.165, 1.54) is 23.1 Å². The molecule has 45 heavy (non-hydrogen) atoms. The molecule has 2 amide bonds. The van der Waals surface area contributed by atoms with Gasteiger partial charge in [0.1, 0.15) is 18.4 Å². The van der Waals surface area contributed by atoms with Crippen LogP contribution in [0.1, 0.15) is 48.9 Å². The molecular formula is C36H40FN3O4S. The van der Waals surface area contributed by atoms with Crippen molar-refractivity contribution in [1.82, 2.24) is 10.2 Å². The van der Waals surface area contributed by atoms with E-state index in [9.17, 15) is 22.4 Å². The van der Waals surface area contributed by atoms with Gasteiger partial charge in [0.2, 0.25) is 11.8 Å². The van der Waals surface area contributed by atoms with E-state index in [0.29, 0.717) is 12.2 Å². The zero-order valence-corrected chi connectivity index (χ0v) is 26.9. The van der Waals surface area contributed by atoms with Gasteiger partial charge in [0.15, 0.2) is 0 Å². The molecule has 0 aliphatic heterocycles. The van der Waals surface area contributed by atoms with E-state index >= 15 is 0 Å². The lowest BCUT2D eigenvalue weighted by atomic mass is 10.0. The Kier molecular flexibility index (Phi) is 11.1. The van der Waals surface area contributed by atoms with Crippen LogP contribution in [-0.4, -0.2) is 44.3 Å². The first-order chi connectivity index (χ1) is 21.5. The van der Waals surface area contributed by atoms with Crippen LogP contribution in [0, 0.1) is 12.7 Å². The van der Waals surface area contributed by atoms with Gasteiger partial charge >= 0.3 is 0 Å². The lowest BCUT2D eigenvalue weighted by Crippen LogP contribution is -2.53. The van der Waals surface area contributed by atoms with Gasteiger partial charge in [-0.05, 0) is 61.2 Å². The summed E-state index contributed by atoms with van der Waals surface area (Å²) in [7, 11) is -4.22. The number of rotatable bonds is 13. The maximum absolute atomic E-state index is 15.0. The lowest BCUT2D eigenvalue weighted by molar-refractivity contribution is -0.140. The first-order valence-corrected chi connectivity index (χ1v) is 16.5. The summed E-state index contributed by atoms with van der Waals surface area (Å²) in [4.78, 5) is 29.3. The number of hydrogen-bond acceptors (Lipinski definition) is 4. The van der Waals surface area contributed by atoms with Crippen molar-refractivity contribution in [3.05, 3.63) is 131 Å². The topological polar surface area (TPSA) is 86.8 Å². The van der Waals surface area contributed by atoms with Crippen LogP contribution in [0.5, 0.6) is 0 Å². The minimum absolute atomic E-state index is 0.0269. The van der Waals surface area contributed by atoms with Crippen molar-refractivity contribution in [1.29, 1.82) is 0 Å². The van der Waals surface area contributed by atoms with Crippen molar-refractivity contribution >= 4 is 27.5 Å². The molecule has 0 fully saturated rings. The van der Waals surface area contributed by atoms with Gasteiger partial charge in [0, 0.05) is 25.1 Å². The Morgan fingerprint density at radius 2 is 1.47 bits per heavy atom. The highest BCUT2D eigenvalue weighted by atomic mass is 32.2. The number of benzene rings is 4. The third-order valence-electron chi connectivity index (χ3n) is 7.66. The standard InChI is InChI=1S/C36H40FN3O4S/c1-5-38-36(42)34(23-28-11-7-6-8-12-28)39(24-30-13-9-10-14-33(30)37)35(41)25-40(31-19-17-29(18-20-31)26(2)3)45(43,44)32-21-15-27(4)16-22-32/h6-22,26,34H,5,23-25H2,1-4H3,(H,38,42)/t34-/m0/s1. The molecule has 9 heteroatoms. The number of aryl methyl sites for hydroxylation is 1. The van der Waals surface area contributed by atoms with Crippen molar-refractivity contribution in [3.63, 3.8) is 0 Å². The van der Waals surface area contributed by atoms with Gasteiger partial charge in [0.25, 0.3) is 10.0 Å². The number of anilines is 1. The van der Waals surface area contributed by atoms with Crippen molar-refractivity contribution in [2.24, 2.45) is 0 Å². The summed E-state index contributed by atoms with van der Waals surface area (Å²) in [6, 6.07) is 27.7. The number of amides is 2. The third kappa shape index (κ3) is 8.36. The first-order valence-electron chi connectivity index (χ1n) is 15.0. The summed E-state index contributed by atoms with van der Waals surface area (Å²) in [5.41, 5.74) is 3.21. The van der Waals surface area contributed by atoms with Crippen LogP contribution >= 0.6 is 0 Å². The summed E-state index contributed by atoms with van der Waals surface area (Å²) in [5.74, 6) is -1.37. The van der Waals surface area contributed by atoms with Crippen LogP contribution in [-0.2, 0) is 32.6 Å². The second kappa shape index (κ2) is 15.0. The Hall–Kier alpha value is -4.50. The average molecular weight is 630 g/mol. The first kappa shape index (κ1) is 33.4. The summed E-state index contributed by atoms with van der Waals surface area (Å²) in [5, 5.41) is 2.81. The Morgan fingerprint density at radius 3 is 2.07 bits per heavy atom. The summed E-state index contributed by atoms with van der Waals surface area (Å²) in [6.07, 6.45) is 0.153. The number of likely N-dealkylation sites (N-methyl/N-ethyl adjacent to an activating group) is 1. The molecule has 0 aromatic heterocycles. The molecular weight excluding hydrogens is 589 g/mol. The Morgan fingerprint density at radius 1 is 0.844 bits per heavy atom. The normalized spacial score (nSPS) is 12.0. The zero-order chi connectivity index (χ0) is 32.6. The maximum Gasteiger partial charge on any atom is 0.264 e. The van der Waals surface area contributed by atoms with Crippen LogP contribution < -0.4 is 9.62 Å². The number of carbonyl (C=O) groups excluding carboxylic acids is 2. The fourth-order valence-electron chi connectivity index (χ4n) is 5.05. The van der Waals surface area contributed by atoms with Crippen molar-refractivity contribution < 1.29 is 22.4 Å². The summed E-state index contributed by atoms with van der Waals surface area (Å²) < 4.78 is 44.3. The second-order valence-corrected chi connectivity index (χ2v) is 13.1. The molecule has 1 atom stereocenters. The van der Waals surface area contributed by atoms with Gasteiger partial charge in [-0.25, -0.2) is 12.8 Å². The molecule has 4 aromatic carbocycles. The number of sulfonamides is 1. The molecule has 0 radical (unpaired) electrons. The number of hydrogen-bond donors (Lipinski definition) is 1. The molecule has 0 spiro atoms. The van der Waals surface area contributed by atoms with Crippen LogP contribution in [0.15, 0.2) is 108 Å². The molecule has 0 saturated heterocycles. The maximum atomic E-state index is 15.0. The molecule has 1 N–H and O–H groups in total. The SMILES string of the molecule is CCNC(=O)[C@H](Cc1ccccc1)N(Cc1ccccc1F)C(=O)CN(c1ccc(C(C)C)cc1)S(=O)(=O)c1ccc(C)cc1. The van der Waals surface area contributed by atoms with Gasteiger partial charge in [-0.2, -0.15) is 0 Å². The Labute approximate surface area is 265 Å². The van der Waals surface area contributed by atoms with Gasteiger partial charge in [-0.15, -0.1) is 0 Å². The van der Waals surface area contributed by atoms with E-state index < -0.39 is 40.2 Å². The second-order valence-electron chi connectivity index (χ2n) is 11.3. The zero-order valence-electron chi connectivity index (χ0n) is 26.1. The lowest BCUT2D eigenvalue weighted by Gasteiger charge is -2.34. The monoisotopic (exact) mass is 629 g/mol. The highest BCUT2D eigenvalue weighted by molar-refractivity contribution is 7.92. The fraction of sp³-hybridized carbons (Fsp3) is 0.278. The van der Waals surface area contributed by atoms with Crippen LogP contribution in [0.4, 0.5) is 10.1 Å². The highest BCUT2D eigenvalue weighted by Gasteiger charge is 2.35. The molecule has 0 saturated carbocycles. The number of halogens is 1. The molecule has 4 rings (SSSR count). The number of nitrogens with zero attached hydrogens (tertiary/aromatic N) is 2. The van der Waals surface area contributed by atoms with Gasteiger partial charge in [-0.3, -0.25) is 13.9 Å². The number of carbonyl (C=O) groups is 2. The molecule has 4 aromatic rings. The number of nitrogens with one attached hydrogen (secondary N) is 1. The average Bonchev–Trinajstić information content (AvgIpc) is 3.03. The fourth-order valence-corrected chi connectivity index (χ4v) is 6.46. The predicted octanol–water partition coefficient (Wildman–Crippen LogP) is 6.23. The third-order valence-corrected chi connectivity index (χ3v) is 9.44. The molecule has 236 valence electrons. The highest BCUT2D eigenvalue weighted by Crippen LogP contribution is 2.27. The van der Waals surface area contributed by atoms with Gasteiger partial charge < -0.3 is 10.2 Å². The summed E-state index contributed by atoms with van der Waals surface area (Å²) in [6.45, 7) is 7.19. The van der Waals surface area contributed by atoms with Crippen LogP contribution in [0.3, 0.4) is 0 Å². The van der Waals surface area contributed by atoms with E-state index in [4.69, 9.17) is 0 Å². The molecule has 0 bridgehead atoms. The van der Waals surface area contributed by atoms with Crippen molar-refractivity contribution in [3.8, 4) is 0 Å². The molecule has 0 aliphatic rings. The minimum Gasteiger partial charge on any atom is -0.355 e. The molecule has 7 nitrogen and oxygen atoms in total. The Bertz CT molecular complexity index is 1690. The molecule has 0 unspecified atom stereocenters. The van der Waals surface area contributed by atoms with E-state index in [-0.39, 0.29) is 29.3 Å². The quantitative estimate of drug-likeness (QED) is 0.190. The van der Waals surface area contributed by atoms with Gasteiger partial charge in [0.05, 0.1) is 10.6 Å². The summed E-state index contributed by atoms with van der Waals surface area (Å²) >= 11 is 0. The molecule has 0 heterocycles.